The number of carbonyl (C=O) groups excluding carboxylic acids is 3. The first-order chi connectivity index (χ1) is 11.5. The maximum Gasteiger partial charge on any atom is 0.327 e. The monoisotopic (exact) mass is 329 g/mol. The lowest BCUT2D eigenvalue weighted by atomic mass is 9.88. The zero-order valence-corrected chi connectivity index (χ0v) is 14.1. The fourth-order valence-electron chi connectivity index (χ4n) is 3.63. The third-order valence-electron chi connectivity index (χ3n) is 5.02. The number of imide groups is 1. The van der Waals surface area contributed by atoms with Crippen molar-refractivity contribution in [1.82, 2.24) is 15.1 Å². The molecule has 1 aromatic rings. The highest BCUT2D eigenvalue weighted by atomic mass is 16.2. The molecule has 1 N–H and O–H groups in total. The molecule has 2 atom stereocenters. The molecule has 2 heterocycles. The van der Waals surface area contributed by atoms with E-state index in [4.69, 9.17) is 0 Å². The summed E-state index contributed by atoms with van der Waals surface area (Å²) in [7, 11) is 1.52. The van der Waals surface area contributed by atoms with Crippen LogP contribution in [0.3, 0.4) is 0 Å². The Bertz CT molecular complexity index is 673. The van der Waals surface area contributed by atoms with Gasteiger partial charge >= 0.3 is 6.03 Å². The van der Waals surface area contributed by atoms with Crippen molar-refractivity contribution in [3.63, 3.8) is 0 Å². The highest BCUT2D eigenvalue weighted by molar-refractivity contribution is 6.07. The Morgan fingerprint density at radius 3 is 2.67 bits per heavy atom. The van der Waals surface area contributed by atoms with E-state index in [1.54, 1.807) is 4.90 Å². The minimum atomic E-state index is -0.658. The first-order valence-corrected chi connectivity index (χ1v) is 8.41. The molecule has 1 aromatic carbocycles. The van der Waals surface area contributed by atoms with Crippen LogP contribution in [0.4, 0.5) is 4.79 Å². The zero-order valence-electron chi connectivity index (χ0n) is 14.1. The van der Waals surface area contributed by atoms with Crippen molar-refractivity contribution in [3.8, 4) is 0 Å². The topological polar surface area (TPSA) is 69.7 Å². The number of hydrogen-bond donors (Lipinski definition) is 1. The van der Waals surface area contributed by atoms with E-state index in [0.29, 0.717) is 13.1 Å². The molecule has 0 radical (unpaired) electrons. The summed E-state index contributed by atoms with van der Waals surface area (Å²) in [5.41, 5.74) is 2.48. The van der Waals surface area contributed by atoms with Crippen LogP contribution in [-0.2, 0) is 9.59 Å². The molecule has 2 saturated heterocycles. The van der Waals surface area contributed by atoms with E-state index in [2.05, 4.69) is 24.4 Å². The maximum absolute atomic E-state index is 12.7. The summed E-state index contributed by atoms with van der Waals surface area (Å²) in [6.45, 7) is 3.30. The summed E-state index contributed by atoms with van der Waals surface area (Å²) < 4.78 is 0. The third-order valence-corrected chi connectivity index (χ3v) is 5.02. The van der Waals surface area contributed by atoms with Gasteiger partial charge in [-0.1, -0.05) is 24.3 Å². The summed E-state index contributed by atoms with van der Waals surface area (Å²) in [5.74, 6) is -0.277. The van der Waals surface area contributed by atoms with Crippen LogP contribution in [-0.4, -0.2) is 53.8 Å². The predicted octanol–water partition coefficient (Wildman–Crippen LogP) is 1.64. The molecule has 3 rings (SSSR count). The first kappa shape index (κ1) is 16.5. The number of likely N-dealkylation sites (N-methyl/N-ethyl adjacent to an activating group) is 1. The fourth-order valence-corrected chi connectivity index (χ4v) is 3.63. The Hall–Kier alpha value is -2.37. The number of carbonyl (C=O) groups is 3. The average molecular weight is 329 g/mol. The molecular weight excluding hydrogens is 306 g/mol. The molecule has 2 fully saturated rings. The maximum atomic E-state index is 12.7. The largest absolute Gasteiger partial charge is 0.357 e. The van der Waals surface area contributed by atoms with Gasteiger partial charge in [0, 0.05) is 26.1 Å². The number of rotatable bonds is 2. The Labute approximate surface area is 141 Å². The predicted molar refractivity (Wildman–Crippen MR) is 89.4 cm³/mol. The van der Waals surface area contributed by atoms with Crippen molar-refractivity contribution in [2.75, 3.05) is 20.1 Å². The minimum Gasteiger partial charge on any atom is -0.357 e. The van der Waals surface area contributed by atoms with E-state index in [9.17, 15) is 14.4 Å². The second kappa shape index (κ2) is 6.63. The van der Waals surface area contributed by atoms with E-state index in [0.717, 1.165) is 17.7 Å². The quantitative estimate of drug-likeness (QED) is 0.839. The molecule has 0 spiro atoms. The number of hydrogen-bond acceptors (Lipinski definition) is 3. The van der Waals surface area contributed by atoms with Gasteiger partial charge in [-0.3, -0.25) is 14.5 Å². The molecule has 0 aliphatic carbocycles. The Morgan fingerprint density at radius 1 is 1.25 bits per heavy atom. The number of benzene rings is 1. The van der Waals surface area contributed by atoms with Crippen LogP contribution in [0.2, 0.25) is 0 Å². The second-order valence-electron chi connectivity index (χ2n) is 6.52. The number of nitrogens with one attached hydrogen (secondary N) is 1. The van der Waals surface area contributed by atoms with Crippen LogP contribution in [0.25, 0.3) is 0 Å². The lowest BCUT2D eigenvalue weighted by molar-refractivity contribution is -0.149. The molecule has 0 aromatic heterocycles. The van der Waals surface area contributed by atoms with Gasteiger partial charge in [-0.15, -0.1) is 0 Å². The van der Waals surface area contributed by atoms with E-state index in [-0.39, 0.29) is 30.2 Å². The SMILES string of the molecule is CNC(=O)C1CC(=O)N1C(=O)N1CCCC(c2ccccc2C)C1. The molecule has 128 valence electrons. The number of nitrogens with zero attached hydrogens (tertiary/aromatic N) is 2. The Kier molecular flexibility index (Phi) is 4.55. The van der Waals surface area contributed by atoms with Gasteiger partial charge in [0.05, 0.1) is 6.42 Å². The number of aryl methyl sites for hydroxylation is 1. The molecule has 2 aliphatic rings. The van der Waals surface area contributed by atoms with Crippen LogP contribution >= 0.6 is 0 Å². The molecule has 4 amide bonds. The second-order valence-corrected chi connectivity index (χ2v) is 6.52. The zero-order chi connectivity index (χ0) is 17.3. The molecule has 24 heavy (non-hydrogen) atoms. The number of urea groups is 1. The summed E-state index contributed by atoms with van der Waals surface area (Å²) in [5, 5.41) is 2.51. The van der Waals surface area contributed by atoms with Gasteiger partial charge in [0.15, 0.2) is 0 Å². The van der Waals surface area contributed by atoms with Crippen molar-refractivity contribution >= 4 is 17.8 Å². The molecule has 6 heteroatoms. The number of likely N-dealkylation sites (tertiary alicyclic amines) is 2. The van der Waals surface area contributed by atoms with Crippen molar-refractivity contribution in [2.24, 2.45) is 0 Å². The lowest BCUT2D eigenvalue weighted by Gasteiger charge is -2.42. The molecule has 6 nitrogen and oxygen atoms in total. The van der Waals surface area contributed by atoms with E-state index in [1.165, 1.54) is 18.2 Å². The van der Waals surface area contributed by atoms with E-state index >= 15 is 0 Å². The van der Waals surface area contributed by atoms with Crippen LogP contribution in [0.1, 0.15) is 36.3 Å². The Morgan fingerprint density at radius 2 is 2.00 bits per heavy atom. The molecule has 0 saturated carbocycles. The summed E-state index contributed by atoms with van der Waals surface area (Å²) >= 11 is 0. The Balaban J connectivity index is 1.73. The molecule has 2 unspecified atom stereocenters. The van der Waals surface area contributed by atoms with Crippen LogP contribution in [0.5, 0.6) is 0 Å². The number of amides is 4. The van der Waals surface area contributed by atoms with Gasteiger partial charge in [0.25, 0.3) is 0 Å². The van der Waals surface area contributed by atoms with Crippen molar-refractivity contribution in [3.05, 3.63) is 35.4 Å². The van der Waals surface area contributed by atoms with E-state index in [1.807, 2.05) is 12.1 Å². The number of piperidine rings is 1. The van der Waals surface area contributed by atoms with Gasteiger partial charge in [-0.25, -0.2) is 4.79 Å². The number of β-lactam (4-membered cyclic amide) rings is 1. The summed E-state index contributed by atoms with van der Waals surface area (Å²) in [6.07, 6.45) is 2.04. The van der Waals surface area contributed by atoms with Gasteiger partial charge in [0.1, 0.15) is 6.04 Å². The standard InChI is InChI=1S/C18H23N3O3/c1-12-6-3-4-8-14(12)13-7-5-9-20(11-13)18(24)21-15(10-16(21)22)17(23)19-2/h3-4,6,8,13,15H,5,7,9-11H2,1-2H3,(H,19,23). The van der Waals surface area contributed by atoms with Crippen LogP contribution in [0, 0.1) is 6.92 Å². The first-order valence-electron chi connectivity index (χ1n) is 8.41. The van der Waals surface area contributed by atoms with Crippen molar-refractivity contribution in [2.45, 2.75) is 38.1 Å². The highest BCUT2D eigenvalue weighted by Crippen LogP contribution is 2.31. The van der Waals surface area contributed by atoms with Gasteiger partial charge in [-0.2, -0.15) is 0 Å². The summed E-state index contributed by atoms with van der Waals surface area (Å²) in [6, 6.07) is 7.22. The van der Waals surface area contributed by atoms with Crippen molar-refractivity contribution in [1.29, 1.82) is 0 Å². The third kappa shape index (κ3) is 2.88. The van der Waals surface area contributed by atoms with Crippen molar-refractivity contribution < 1.29 is 14.4 Å². The van der Waals surface area contributed by atoms with Crippen LogP contribution in [0.15, 0.2) is 24.3 Å². The average Bonchev–Trinajstić information content (AvgIpc) is 2.59. The van der Waals surface area contributed by atoms with Gasteiger partial charge in [-0.05, 0) is 30.9 Å². The van der Waals surface area contributed by atoms with E-state index < -0.39 is 6.04 Å². The molecule has 0 bridgehead atoms. The normalized spacial score (nSPS) is 23.7. The smallest absolute Gasteiger partial charge is 0.327 e. The fraction of sp³-hybridized carbons (Fsp3) is 0.500. The van der Waals surface area contributed by atoms with Gasteiger partial charge < -0.3 is 10.2 Å². The lowest BCUT2D eigenvalue weighted by Crippen LogP contribution is -2.64. The minimum absolute atomic E-state index is 0.112. The molecule has 2 aliphatic heterocycles. The molecular formula is C18H23N3O3. The van der Waals surface area contributed by atoms with Crippen LogP contribution < -0.4 is 5.32 Å². The van der Waals surface area contributed by atoms with Gasteiger partial charge in [0.2, 0.25) is 11.8 Å². The summed E-state index contributed by atoms with van der Waals surface area (Å²) in [4.78, 5) is 39.2. The highest BCUT2D eigenvalue weighted by Gasteiger charge is 2.47.